The van der Waals surface area contributed by atoms with Crippen molar-refractivity contribution in [3.05, 3.63) is 89.6 Å². The Kier molecular flexibility index (Phi) is 3.99. The van der Waals surface area contributed by atoms with E-state index >= 15 is 0 Å². The van der Waals surface area contributed by atoms with Crippen molar-refractivity contribution in [2.75, 3.05) is 0 Å². The monoisotopic (exact) mass is 392 g/mol. The van der Waals surface area contributed by atoms with Crippen molar-refractivity contribution in [3.63, 3.8) is 0 Å². The Bertz CT molecular complexity index is 1310. The SMILES string of the molecule is Cc1cc2c(cc1-c1cccc[n+]1C)C(C)(C)C(C)(C)c1c-2ccc2ccccc12. The molecule has 0 aliphatic heterocycles. The first kappa shape index (κ1) is 19.1. The van der Waals surface area contributed by atoms with Gasteiger partial charge in [0, 0.05) is 23.1 Å². The van der Waals surface area contributed by atoms with Gasteiger partial charge in [-0.1, -0.05) is 70.2 Å². The number of rotatable bonds is 1. The fourth-order valence-electron chi connectivity index (χ4n) is 5.35. The number of aryl methyl sites for hydroxylation is 2. The first-order chi connectivity index (χ1) is 14.2. The van der Waals surface area contributed by atoms with Gasteiger partial charge in [0.25, 0.3) is 0 Å². The van der Waals surface area contributed by atoms with E-state index in [-0.39, 0.29) is 10.8 Å². The van der Waals surface area contributed by atoms with Crippen LogP contribution in [0.2, 0.25) is 0 Å². The molecule has 150 valence electrons. The number of fused-ring (bicyclic) bond motifs is 5. The van der Waals surface area contributed by atoms with E-state index in [4.69, 9.17) is 0 Å². The number of hydrogen-bond acceptors (Lipinski definition) is 0. The second-order valence-corrected chi connectivity index (χ2v) is 9.87. The predicted molar refractivity (Wildman–Crippen MR) is 127 cm³/mol. The molecule has 4 aromatic rings. The summed E-state index contributed by atoms with van der Waals surface area (Å²) in [5.74, 6) is 0. The molecular formula is C29H30N+. The van der Waals surface area contributed by atoms with Crippen LogP contribution in [0.1, 0.15) is 44.4 Å². The molecule has 0 unspecified atom stereocenters. The molecule has 0 atom stereocenters. The van der Waals surface area contributed by atoms with Crippen molar-refractivity contribution in [3.8, 4) is 22.4 Å². The highest BCUT2D eigenvalue weighted by Crippen LogP contribution is 2.56. The predicted octanol–water partition coefficient (Wildman–Crippen LogP) is 6.88. The second-order valence-electron chi connectivity index (χ2n) is 9.87. The summed E-state index contributed by atoms with van der Waals surface area (Å²) in [5, 5.41) is 2.71. The van der Waals surface area contributed by atoms with Crippen LogP contribution in [-0.4, -0.2) is 0 Å². The highest BCUT2D eigenvalue weighted by Gasteiger charge is 2.47. The zero-order chi connectivity index (χ0) is 21.3. The summed E-state index contributed by atoms with van der Waals surface area (Å²) in [7, 11) is 2.13. The smallest absolute Gasteiger partial charge is 0.201 e. The van der Waals surface area contributed by atoms with Gasteiger partial charge in [-0.25, -0.2) is 4.57 Å². The van der Waals surface area contributed by atoms with Crippen LogP contribution in [0.3, 0.4) is 0 Å². The molecule has 30 heavy (non-hydrogen) atoms. The van der Waals surface area contributed by atoms with Gasteiger partial charge in [-0.05, 0) is 63.1 Å². The van der Waals surface area contributed by atoms with Crippen LogP contribution in [-0.2, 0) is 17.9 Å². The third-order valence-corrected chi connectivity index (χ3v) is 7.78. The normalized spacial score (nSPS) is 16.2. The fraction of sp³-hybridized carbons (Fsp3) is 0.276. The van der Waals surface area contributed by atoms with Crippen LogP contribution in [0, 0.1) is 6.92 Å². The Morgan fingerprint density at radius 1 is 0.700 bits per heavy atom. The van der Waals surface area contributed by atoms with Crippen molar-refractivity contribution < 1.29 is 4.57 Å². The second kappa shape index (κ2) is 6.28. The van der Waals surface area contributed by atoms with Crippen LogP contribution in [0.4, 0.5) is 0 Å². The number of benzene rings is 3. The molecule has 0 radical (unpaired) electrons. The van der Waals surface area contributed by atoms with Crippen molar-refractivity contribution in [1.29, 1.82) is 0 Å². The maximum atomic E-state index is 2.46. The third-order valence-electron chi connectivity index (χ3n) is 7.78. The van der Waals surface area contributed by atoms with Gasteiger partial charge >= 0.3 is 0 Å². The quantitative estimate of drug-likeness (QED) is 0.311. The summed E-state index contributed by atoms with van der Waals surface area (Å²) >= 11 is 0. The molecule has 1 aromatic heterocycles. The lowest BCUT2D eigenvalue weighted by Crippen LogP contribution is -2.44. The molecule has 0 saturated heterocycles. The van der Waals surface area contributed by atoms with E-state index in [2.05, 4.69) is 119 Å². The average molecular weight is 393 g/mol. The minimum absolute atomic E-state index is 0.00159. The summed E-state index contributed by atoms with van der Waals surface area (Å²) in [4.78, 5) is 0. The summed E-state index contributed by atoms with van der Waals surface area (Å²) in [6, 6.07) is 24.8. The molecule has 1 nitrogen and oxygen atoms in total. The molecule has 0 amide bonds. The van der Waals surface area contributed by atoms with Crippen molar-refractivity contribution in [1.82, 2.24) is 0 Å². The van der Waals surface area contributed by atoms with Gasteiger partial charge in [0.05, 0.1) is 0 Å². The zero-order valence-corrected chi connectivity index (χ0v) is 18.9. The molecule has 5 rings (SSSR count). The average Bonchev–Trinajstić information content (AvgIpc) is 2.72. The van der Waals surface area contributed by atoms with Gasteiger partial charge in [0.2, 0.25) is 5.69 Å². The highest BCUT2D eigenvalue weighted by atomic mass is 14.9. The molecule has 0 N–H and O–H groups in total. The van der Waals surface area contributed by atoms with Crippen molar-refractivity contribution >= 4 is 10.8 Å². The summed E-state index contributed by atoms with van der Waals surface area (Å²) in [6.07, 6.45) is 2.13. The fourth-order valence-corrected chi connectivity index (χ4v) is 5.35. The van der Waals surface area contributed by atoms with Crippen LogP contribution in [0.25, 0.3) is 33.2 Å². The molecular weight excluding hydrogens is 362 g/mol. The maximum absolute atomic E-state index is 2.46. The van der Waals surface area contributed by atoms with E-state index in [9.17, 15) is 0 Å². The Hall–Kier alpha value is -2.93. The van der Waals surface area contributed by atoms with E-state index in [1.807, 2.05) is 0 Å². The Balaban J connectivity index is 1.88. The van der Waals surface area contributed by atoms with E-state index in [0.717, 1.165) is 0 Å². The maximum Gasteiger partial charge on any atom is 0.212 e. The Morgan fingerprint density at radius 3 is 2.20 bits per heavy atom. The highest BCUT2D eigenvalue weighted by molar-refractivity contribution is 5.96. The minimum atomic E-state index is -0.00470. The lowest BCUT2D eigenvalue weighted by atomic mass is 9.54. The van der Waals surface area contributed by atoms with E-state index < -0.39 is 0 Å². The van der Waals surface area contributed by atoms with Crippen LogP contribution in [0.15, 0.2) is 72.9 Å². The lowest BCUT2D eigenvalue weighted by Gasteiger charge is -2.49. The summed E-state index contributed by atoms with van der Waals surface area (Å²) < 4.78 is 2.22. The van der Waals surface area contributed by atoms with Crippen LogP contribution in [0.5, 0.6) is 0 Å². The van der Waals surface area contributed by atoms with Gasteiger partial charge < -0.3 is 0 Å². The van der Waals surface area contributed by atoms with Crippen LogP contribution >= 0.6 is 0 Å². The molecule has 1 heterocycles. The molecule has 0 bridgehead atoms. The van der Waals surface area contributed by atoms with Gasteiger partial charge in [0.15, 0.2) is 6.20 Å². The number of aromatic nitrogens is 1. The van der Waals surface area contributed by atoms with Crippen molar-refractivity contribution in [2.45, 2.75) is 45.4 Å². The zero-order valence-electron chi connectivity index (χ0n) is 18.9. The van der Waals surface area contributed by atoms with E-state index in [1.54, 1.807) is 0 Å². The third kappa shape index (κ3) is 2.45. The molecule has 1 heteroatoms. The first-order valence-electron chi connectivity index (χ1n) is 10.9. The minimum Gasteiger partial charge on any atom is -0.201 e. The number of nitrogens with zero attached hydrogens (tertiary/aromatic N) is 1. The van der Waals surface area contributed by atoms with Crippen LogP contribution < -0.4 is 4.57 Å². The van der Waals surface area contributed by atoms with E-state index in [1.165, 1.54) is 49.8 Å². The standard InChI is InChI=1S/C29H30N/c1-19-17-24-22-15-14-20-11-7-8-12-21(20)27(22)29(4,5)28(2,3)25(24)18-23(19)26-13-9-10-16-30(26)6/h7-18H,1-6H3/q+1. The van der Waals surface area contributed by atoms with Gasteiger partial charge in [0.1, 0.15) is 7.05 Å². The molecule has 0 fully saturated rings. The van der Waals surface area contributed by atoms with Gasteiger partial charge in [-0.15, -0.1) is 0 Å². The lowest BCUT2D eigenvalue weighted by molar-refractivity contribution is -0.660. The van der Waals surface area contributed by atoms with Gasteiger partial charge in [-0.2, -0.15) is 0 Å². The van der Waals surface area contributed by atoms with Gasteiger partial charge in [-0.3, -0.25) is 0 Å². The van der Waals surface area contributed by atoms with E-state index in [0.29, 0.717) is 0 Å². The molecule has 0 spiro atoms. The Morgan fingerprint density at radius 2 is 1.43 bits per heavy atom. The number of hydrogen-bond donors (Lipinski definition) is 0. The largest absolute Gasteiger partial charge is 0.212 e. The molecule has 0 saturated carbocycles. The molecule has 3 aromatic carbocycles. The summed E-state index contributed by atoms with van der Waals surface area (Å²) in [5.41, 5.74) is 9.61. The molecule has 1 aliphatic rings. The first-order valence-corrected chi connectivity index (χ1v) is 10.9. The number of pyridine rings is 1. The topological polar surface area (TPSA) is 3.88 Å². The van der Waals surface area contributed by atoms with Crippen molar-refractivity contribution in [2.24, 2.45) is 7.05 Å². The summed E-state index contributed by atoms with van der Waals surface area (Å²) in [6.45, 7) is 11.9. The Labute approximate surface area is 180 Å². The molecule has 1 aliphatic carbocycles.